The van der Waals surface area contributed by atoms with E-state index in [0.29, 0.717) is 17.8 Å². The van der Waals surface area contributed by atoms with Crippen LogP contribution in [0.15, 0.2) is 75.9 Å². The van der Waals surface area contributed by atoms with Crippen molar-refractivity contribution in [2.24, 2.45) is 0 Å². The molecule has 182 valence electrons. The summed E-state index contributed by atoms with van der Waals surface area (Å²) < 4.78 is 11.3. The van der Waals surface area contributed by atoms with Gasteiger partial charge in [0.15, 0.2) is 0 Å². The second kappa shape index (κ2) is 12.2. The van der Waals surface area contributed by atoms with Crippen LogP contribution in [0, 0.1) is 0 Å². The lowest BCUT2D eigenvalue weighted by Crippen LogP contribution is -2.17. The molecule has 0 radical (unpaired) electrons. The standard InChI is InChI=1S/C30H33NO4/c1-2-3-4-5-6-7-8-11-20-34-24-17-14-23(15-18-24)29(32)31-27-21-26-25-13-10-9-12-22(25)16-19-28(26)35-30(27)33/h9-10,12-19,21H,2-8,11,20H2,1H3,(H,31,32). The minimum Gasteiger partial charge on any atom is -0.494 e. The maximum Gasteiger partial charge on any atom is 0.360 e. The molecule has 5 nitrogen and oxygen atoms in total. The fourth-order valence-electron chi connectivity index (χ4n) is 4.28. The zero-order valence-corrected chi connectivity index (χ0v) is 20.3. The number of unbranched alkanes of at least 4 members (excludes halogenated alkanes) is 7. The SMILES string of the molecule is CCCCCCCCCCOc1ccc(C(=O)Nc2cc3c(ccc4ccccc43)oc2=O)cc1. The van der Waals surface area contributed by atoms with E-state index in [4.69, 9.17) is 9.15 Å². The Balaban J connectivity index is 1.32. The molecule has 4 aromatic rings. The van der Waals surface area contributed by atoms with Crippen molar-refractivity contribution in [2.45, 2.75) is 58.3 Å². The molecule has 35 heavy (non-hydrogen) atoms. The first kappa shape index (κ1) is 24.5. The third kappa shape index (κ3) is 6.50. The van der Waals surface area contributed by atoms with Gasteiger partial charge in [-0.2, -0.15) is 0 Å². The van der Waals surface area contributed by atoms with Crippen molar-refractivity contribution in [3.8, 4) is 5.75 Å². The second-order valence-electron chi connectivity index (χ2n) is 8.95. The Labute approximate surface area is 206 Å². The van der Waals surface area contributed by atoms with Gasteiger partial charge in [-0.1, -0.05) is 82.2 Å². The molecule has 0 unspecified atom stereocenters. The highest BCUT2D eigenvalue weighted by Crippen LogP contribution is 2.26. The van der Waals surface area contributed by atoms with Gasteiger partial charge in [-0.15, -0.1) is 0 Å². The zero-order valence-electron chi connectivity index (χ0n) is 20.3. The zero-order chi connectivity index (χ0) is 24.5. The van der Waals surface area contributed by atoms with Crippen molar-refractivity contribution in [1.29, 1.82) is 0 Å². The third-order valence-corrected chi connectivity index (χ3v) is 6.27. The normalized spacial score (nSPS) is 11.1. The Morgan fingerprint density at radius 3 is 2.31 bits per heavy atom. The van der Waals surface area contributed by atoms with Crippen molar-refractivity contribution in [3.63, 3.8) is 0 Å². The van der Waals surface area contributed by atoms with Gasteiger partial charge in [0.1, 0.15) is 17.0 Å². The summed E-state index contributed by atoms with van der Waals surface area (Å²) in [6.07, 6.45) is 10.1. The molecule has 1 N–H and O–H groups in total. The average molecular weight is 472 g/mol. The Bertz CT molecular complexity index is 1320. The molecule has 0 atom stereocenters. The number of fused-ring (bicyclic) bond motifs is 3. The molecular formula is C30H33NO4. The van der Waals surface area contributed by atoms with E-state index in [1.54, 1.807) is 36.4 Å². The van der Waals surface area contributed by atoms with Gasteiger partial charge < -0.3 is 14.5 Å². The van der Waals surface area contributed by atoms with Crippen LogP contribution in [0.4, 0.5) is 5.69 Å². The Kier molecular flexibility index (Phi) is 8.55. The molecule has 1 aromatic heterocycles. The van der Waals surface area contributed by atoms with Gasteiger partial charge in [-0.05, 0) is 53.6 Å². The molecule has 0 spiro atoms. The van der Waals surface area contributed by atoms with Crippen molar-refractivity contribution in [3.05, 3.63) is 82.7 Å². The van der Waals surface area contributed by atoms with Crippen LogP contribution in [0.5, 0.6) is 5.75 Å². The van der Waals surface area contributed by atoms with E-state index < -0.39 is 5.63 Å². The van der Waals surface area contributed by atoms with Crippen LogP contribution in [0.3, 0.4) is 0 Å². The minimum atomic E-state index is -0.577. The number of hydrogen-bond donors (Lipinski definition) is 1. The lowest BCUT2D eigenvalue weighted by Gasteiger charge is -2.09. The molecule has 4 rings (SSSR count). The van der Waals surface area contributed by atoms with E-state index in [0.717, 1.165) is 28.3 Å². The van der Waals surface area contributed by atoms with Crippen molar-refractivity contribution >= 4 is 33.3 Å². The monoisotopic (exact) mass is 471 g/mol. The quantitative estimate of drug-likeness (QED) is 0.130. The highest BCUT2D eigenvalue weighted by Gasteiger charge is 2.12. The molecule has 0 aliphatic rings. The van der Waals surface area contributed by atoms with Crippen LogP contribution in [0.25, 0.3) is 21.7 Å². The van der Waals surface area contributed by atoms with E-state index in [1.165, 1.54) is 44.9 Å². The Morgan fingerprint density at radius 2 is 1.54 bits per heavy atom. The summed E-state index contributed by atoms with van der Waals surface area (Å²) in [6, 6.07) is 20.2. The van der Waals surface area contributed by atoms with Crippen LogP contribution in [0.2, 0.25) is 0 Å². The lowest BCUT2D eigenvalue weighted by atomic mass is 10.1. The Morgan fingerprint density at radius 1 is 0.829 bits per heavy atom. The summed E-state index contributed by atoms with van der Waals surface area (Å²) in [7, 11) is 0. The summed E-state index contributed by atoms with van der Waals surface area (Å²) in [5, 5.41) is 5.48. The van der Waals surface area contributed by atoms with Crippen LogP contribution in [-0.4, -0.2) is 12.5 Å². The minimum absolute atomic E-state index is 0.119. The summed E-state index contributed by atoms with van der Waals surface area (Å²) in [5.41, 5.74) is 0.479. The highest BCUT2D eigenvalue weighted by atomic mass is 16.5. The number of ether oxygens (including phenoxy) is 1. The number of rotatable bonds is 12. The Hall–Kier alpha value is -3.60. The van der Waals surface area contributed by atoms with Gasteiger partial charge in [0.05, 0.1) is 6.61 Å². The molecule has 0 bridgehead atoms. The van der Waals surface area contributed by atoms with Gasteiger partial charge >= 0.3 is 5.63 Å². The smallest absolute Gasteiger partial charge is 0.360 e. The molecule has 1 amide bonds. The number of carbonyl (C=O) groups is 1. The van der Waals surface area contributed by atoms with Crippen LogP contribution in [0.1, 0.15) is 68.6 Å². The maximum absolute atomic E-state index is 12.8. The van der Waals surface area contributed by atoms with E-state index in [1.807, 2.05) is 30.3 Å². The number of carbonyl (C=O) groups excluding carboxylic acids is 1. The first-order valence-electron chi connectivity index (χ1n) is 12.7. The first-order valence-corrected chi connectivity index (χ1v) is 12.7. The second-order valence-corrected chi connectivity index (χ2v) is 8.95. The summed E-state index contributed by atoms with van der Waals surface area (Å²) in [5.74, 6) is 0.368. The molecule has 5 heteroatoms. The van der Waals surface area contributed by atoms with E-state index in [9.17, 15) is 9.59 Å². The van der Waals surface area contributed by atoms with Gasteiger partial charge in [0.2, 0.25) is 0 Å². The molecule has 0 aliphatic heterocycles. The topological polar surface area (TPSA) is 68.5 Å². The van der Waals surface area contributed by atoms with Gasteiger partial charge in [-0.3, -0.25) is 4.79 Å². The van der Waals surface area contributed by atoms with Gasteiger partial charge in [0.25, 0.3) is 5.91 Å². The number of nitrogens with one attached hydrogen (secondary N) is 1. The molecule has 1 heterocycles. The molecular weight excluding hydrogens is 438 g/mol. The summed E-state index contributed by atoms with van der Waals surface area (Å²) in [6.45, 7) is 2.91. The van der Waals surface area contributed by atoms with Gasteiger partial charge in [0, 0.05) is 10.9 Å². The predicted octanol–water partition coefficient (Wildman–Crippen LogP) is 7.72. The summed E-state index contributed by atoms with van der Waals surface area (Å²) in [4.78, 5) is 25.2. The molecule has 3 aromatic carbocycles. The predicted molar refractivity (Wildman–Crippen MR) is 142 cm³/mol. The van der Waals surface area contributed by atoms with Crippen molar-refractivity contribution < 1.29 is 13.9 Å². The number of hydrogen-bond acceptors (Lipinski definition) is 4. The number of amides is 1. The highest BCUT2D eigenvalue weighted by molar-refractivity contribution is 6.08. The fourth-order valence-corrected chi connectivity index (χ4v) is 4.28. The fraction of sp³-hybridized carbons (Fsp3) is 0.333. The molecule has 0 saturated carbocycles. The number of anilines is 1. The van der Waals surface area contributed by atoms with Crippen molar-refractivity contribution in [2.75, 3.05) is 11.9 Å². The lowest BCUT2D eigenvalue weighted by molar-refractivity contribution is 0.102. The van der Waals surface area contributed by atoms with E-state index in [2.05, 4.69) is 12.2 Å². The van der Waals surface area contributed by atoms with E-state index in [-0.39, 0.29) is 11.6 Å². The molecule has 0 aliphatic carbocycles. The first-order chi connectivity index (χ1) is 17.2. The maximum atomic E-state index is 12.8. The molecule has 0 fully saturated rings. The van der Waals surface area contributed by atoms with E-state index >= 15 is 0 Å². The van der Waals surface area contributed by atoms with Crippen LogP contribution >= 0.6 is 0 Å². The van der Waals surface area contributed by atoms with Gasteiger partial charge in [-0.25, -0.2) is 4.79 Å². The molecule has 0 saturated heterocycles. The van der Waals surface area contributed by atoms with Crippen LogP contribution < -0.4 is 15.7 Å². The number of benzene rings is 3. The average Bonchev–Trinajstić information content (AvgIpc) is 2.88. The van der Waals surface area contributed by atoms with Crippen molar-refractivity contribution in [1.82, 2.24) is 0 Å². The van der Waals surface area contributed by atoms with Crippen LogP contribution in [-0.2, 0) is 0 Å². The third-order valence-electron chi connectivity index (χ3n) is 6.27. The largest absolute Gasteiger partial charge is 0.494 e. The summed E-state index contributed by atoms with van der Waals surface area (Å²) >= 11 is 0.